The van der Waals surface area contributed by atoms with Crippen LogP contribution in [-0.4, -0.2) is 57.1 Å². The van der Waals surface area contributed by atoms with Crippen molar-refractivity contribution in [3.05, 3.63) is 0 Å². The summed E-state index contributed by atoms with van der Waals surface area (Å²) in [5.74, 6) is -0.453. The van der Waals surface area contributed by atoms with Crippen LogP contribution < -0.4 is 4.72 Å². The number of ether oxygens (including phenoxy) is 1. The number of hydrogen-bond donors (Lipinski definition) is 2. The van der Waals surface area contributed by atoms with Crippen molar-refractivity contribution in [3.8, 4) is 0 Å². The van der Waals surface area contributed by atoms with Gasteiger partial charge in [0.2, 0.25) is 0 Å². The molecule has 1 unspecified atom stereocenters. The first-order chi connectivity index (χ1) is 8.29. The summed E-state index contributed by atoms with van der Waals surface area (Å²) in [7, 11) is -0.924. The van der Waals surface area contributed by atoms with Crippen LogP contribution in [0.3, 0.4) is 0 Å². The van der Waals surface area contributed by atoms with Gasteiger partial charge in [-0.05, 0) is 19.8 Å². The van der Waals surface area contributed by atoms with E-state index in [2.05, 4.69) is 9.46 Å². The molecule has 0 aliphatic carbocycles. The third-order valence-electron chi connectivity index (χ3n) is 2.35. The predicted octanol–water partition coefficient (Wildman–Crippen LogP) is -0.523. The number of aliphatic hydroxyl groups excluding tert-OH is 1. The second kappa shape index (κ2) is 8.41. The van der Waals surface area contributed by atoms with E-state index < -0.39 is 22.3 Å². The van der Waals surface area contributed by atoms with Crippen LogP contribution in [0.15, 0.2) is 0 Å². The van der Waals surface area contributed by atoms with E-state index in [1.807, 2.05) is 0 Å². The molecule has 0 aromatic heterocycles. The van der Waals surface area contributed by atoms with E-state index in [0.717, 1.165) is 4.31 Å². The summed E-state index contributed by atoms with van der Waals surface area (Å²) in [5, 5.41) is 9.02. The predicted molar refractivity (Wildman–Crippen MR) is 67.1 cm³/mol. The number of nitrogens with zero attached hydrogens (tertiary/aromatic N) is 1. The molecule has 0 rings (SSSR count). The molecule has 1 atom stereocenters. The maximum atomic E-state index is 11.7. The van der Waals surface area contributed by atoms with E-state index in [0.29, 0.717) is 12.8 Å². The standard InChI is InChI=1S/C10H22N2O5S/c1-9(13)5-4-7-11-18(15,16)12(2)8-6-10(14)17-3/h9,11,13H,4-8H2,1-3H3. The third kappa shape index (κ3) is 7.59. The summed E-state index contributed by atoms with van der Waals surface area (Å²) in [6.45, 7) is 1.98. The van der Waals surface area contributed by atoms with Crippen molar-refractivity contribution in [2.45, 2.75) is 32.3 Å². The highest BCUT2D eigenvalue weighted by Crippen LogP contribution is 1.99. The zero-order chi connectivity index (χ0) is 14.2. The Kier molecular flexibility index (Phi) is 8.08. The molecule has 0 aromatic rings. The van der Waals surface area contributed by atoms with E-state index in [1.54, 1.807) is 6.92 Å². The molecule has 0 aliphatic heterocycles. The van der Waals surface area contributed by atoms with E-state index in [4.69, 9.17) is 5.11 Å². The lowest BCUT2D eigenvalue weighted by Crippen LogP contribution is -2.39. The van der Waals surface area contributed by atoms with Gasteiger partial charge in [0.25, 0.3) is 10.2 Å². The Labute approximate surface area is 108 Å². The number of methoxy groups -OCH3 is 1. The van der Waals surface area contributed by atoms with E-state index in [9.17, 15) is 13.2 Å². The maximum Gasteiger partial charge on any atom is 0.306 e. The van der Waals surface area contributed by atoms with Gasteiger partial charge < -0.3 is 9.84 Å². The molecule has 0 amide bonds. The van der Waals surface area contributed by atoms with Crippen LogP contribution in [0.4, 0.5) is 0 Å². The summed E-state index contributed by atoms with van der Waals surface area (Å²) in [4.78, 5) is 10.9. The number of esters is 1. The minimum absolute atomic E-state index is 0.0155. The Morgan fingerprint density at radius 1 is 1.50 bits per heavy atom. The van der Waals surface area contributed by atoms with Crippen molar-refractivity contribution in [3.63, 3.8) is 0 Å². The molecule has 0 aliphatic rings. The molecule has 0 spiro atoms. The van der Waals surface area contributed by atoms with Gasteiger partial charge in [0, 0.05) is 20.1 Å². The van der Waals surface area contributed by atoms with Crippen molar-refractivity contribution >= 4 is 16.2 Å². The quantitative estimate of drug-likeness (QED) is 0.438. The number of hydrogen-bond acceptors (Lipinski definition) is 5. The fraction of sp³-hybridized carbons (Fsp3) is 0.900. The summed E-state index contributed by atoms with van der Waals surface area (Å²) in [6, 6.07) is 0. The van der Waals surface area contributed by atoms with Crippen LogP contribution in [0.25, 0.3) is 0 Å². The molecule has 0 fully saturated rings. The van der Waals surface area contributed by atoms with E-state index >= 15 is 0 Å². The number of nitrogens with one attached hydrogen (secondary N) is 1. The van der Waals surface area contributed by atoms with Gasteiger partial charge in [-0.25, -0.2) is 4.72 Å². The van der Waals surface area contributed by atoms with E-state index in [-0.39, 0.29) is 19.5 Å². The van der Waals surface area contributed by atoms with E-state index in [1.165, 1.54) is 14.2 Å². The van der Waals surface area contributed by atoms with Crippen molar-refractivity contribution in [1.82, 2.24) is 9.03 Å². The summed E-state index contributed by atoms with van der Waals surface area (Å²) < 4.78 is 31.2. The highest BCUT2D eigenvalue weighted by molar-refractivity contribution is 7.87. The lowest BCUT2D eigenvalue weighted by molar-refractivity contribution is -0.140. The first-order valence-electron chi connectivity index (χ1n) is 5.75. The molecule has 0 radical (unpaired) electrons. The highest BCUT2D eigenvalue weighted by atomic mass is 32.2. The first-order valence-corrected chi connectivity index (χ1v) is 7.19. The second-order valence-electron chi connectivity index (χ2n) is 4.04. The average molecular weight is 282 g/mol. The minimum Gasteiger partial charge on any atom is -0.469 e. The van der Waals surface area contributed by atoms with Gasteiger partial charge in [0.1, 0.15) is 0 Å². The van der Waals surface area contributed by atoms with Gasteiger partial charge in [-0.1, -0.05) is 0 Å². The lowest BCUT2D eigenvalue weighted by Gasteiger charge is -2.17. The summed E-state index contributed by atoms with van der Waals surface area (Å²) in [5.41, 5.74) is 0. The molecule has 0 bridgehead atoms. The monoisotopic (exact) mass is 282 g/mol. The molecule has 0 saturated heterocycles. The number of carbonyl (C=O) groups is 1. The second-order valence-corrected chi connectivity index (χ2v) is 5.90. The highest BCUT2D eigenvalue weighted by Gasteiger charge is 2.17. The fourth-order valence-corrected chi connectivity index (χ4v) is 2.13. The molecule has 18 heavy (non-hydrogen) atoms. The molecule has 8 heteroatoms. The van der Waals surface area contributed by atoms with Gasteiger partial charge >= 0.3 is 5.97 Å². The fourth-order valence-electron chi connectivity index (χ4n) is 1.18. The minimum atomic E-state index is -3.57. The average Bonchev–Trinajstić information content (AvgIpc) is 2.30. The van der Waals surface area contributed by atoms with Gasteiger partial charge in [0.05, 0.1) is 19.6 Å². The SMILES string of the molecule is COC(=O)CCN(C)S(=O)(=O)NCCCC(C)O. The summed E-state index contributed by atoms with van der Waals surface area (Å²) in [6.07, 6.45) is 0.670. The molecule has 0 aromatic carbocycles. The Bertz CT molecular complexity index is 342. The molecular weight excluding hydrogens is 260 g/mol. The van der Waals surface area contributed by atoms with Crippen LogP contribution in [-0.2, 0) is 19.7 Å². The largest absolute Gasteiger partial charge is 0.469 e. The molecule has 0 heterocycles. The Balaban J connectivity index is 4.00. The third-order valence-corrected chi connectivity index (χ3v) is 3.92. The number of rotatable bonds is 9. The Morgan fingerprint density at radius 3 is 2.61 bits per heavy atom. The molecule has 7 nitrogen and oxygen atoms in total. The molecule has 0 saturated carbocycles. The van der Waals surface area contributed by atoms with Crippen LogP contribution in [0, 0.1) is 0 Å². The van der Waals surface area contributed by atoms with Gasteiger partial charge in [-0.2, -0.15) is 12.7 Å². The van der Waals surface area contributed by atoms with Crippen molar-refractivity contribution in [1.29, 1.82) is 0 Å². The number of aliphatic hydroxyl groups is 1. The zero-order valence-corrected chi connectivity index (χ0v) is 11.9. The van der Waals surface area contributed by atoms with Crippen molar-refractivity contribution in [2.75, 3.05) is 27.2 Å². The van der Waals surface area contributed by atoms with Crippen LogP contribution >= 0.6 is 0 Å². The Morgan fingerprint density at radius 2 is 2.11 bits per heavy atom. The van der Waals surface area contributed by atoms with Gasteiger partial charge in [0.15, 0.2) is 0 Å². The van der Waals surface area contributed by atoms with Crippen molar-refractivity contribution in [2.24, 2.45) is 0 Å². The summed E-state index contributed by atoms with van der Waals surface area (Å²) >= 11 is 0. The molecular formula is C10H22N2O5S. The zero-order valence-electron chi connectivity index (χ0n) is 11.0. The maximum absolute atomic E-state index is 11.7. The first kappa shape index (κ1) is 17.3. The topological polar surface area (TPSA) is 95.9 Å². The Hall–Kier alpha value is -0.700. The smallest absolute Gasteiger partial charge is 0.306 e. The van der Waals surface area contributed by atoms with Gasteiger partial charge in [-0.15, -0.1) is 0 Å². The van der Waals surface area contributed by atoms with Crippen molar-refractivity contribution < 1.29 is 23.1 Å². The number of carbonyl (C=O) groups excluding carboxylic acids is 1. The van der Waals surface area contributed by atoms with Crippen LogP contribution in [0.1, 0.15) is 26.2 Å². The molecule has 108 valence electrons. The lowest BCUT2D eigenvalue weighted by atomic mass is 10.2. The van der Waals surface area contributed by atoms with Crippen LogP contribution in [0.2, 0.25) is 0 Å². The molecule has 2 N–H and O–H groups in total. The normalized spacial score (nSPS) is 13.6. The van der Waals surface area contributed by atoms with Gasteiger partial charge in [-0.3, -0.25) is 4.79 Å². The van der Waals surface area contributed by atoms with Crippen LogP contribution in [0.5, 0.6) is 0 Å².